The van der Waals surface area contributed by atoms with Crippen molar-refractivity contribution in [2.75, 3.05) is 13.2 Å². The van der Waals surface area contributed by atoms with Gasteiger partial charge in [0.15, 0.2) is 0 Å². The smallest absolute Gasteiger partial charge is 0.240 e. The van der Waals surface area contributed by atoms with Crippen molar-refractivity contribution in [1.82, 2.24) is 5.32 Å². The molecule has 1 fully saturated rings. The zero-order valence-electron chi connectivity index (χ0n) is 15.0. The monoisotopic (exact) mass is 362 g/mol. The van der Waals surface area contributed by atoms with Crippen LogP contribution in [0.15, 0.2) is 54.6 Å². The summed E-state index contributed by atoms with van der Waals surface area (Å²) in [6.07, 6.45) is 1.03. The van der Waals surface area contributed by atoms with E-state index in [-0.39, 0.29) is 11.8 Å². The highest BCUT2D eigenvalue weighted by atomic mass is 16.5. The molecule has 3 aromatic rings. The van der Waals surface area contributed by atoms with Crippen molar-refractivity contribution >= 4 is 33.4 Å². The van der Waals surface area contributed by atoms with Crippen LogP contribution in [0.2, 0.25) is 0 Å². The highest BCUT2D eigenvalue weighted by Gasteiger charge is 2.28. The zero-order chi connectivity index (χ0) is 18.8. The van der Waals surface area contributed by atoms with Crippen LogP contribution in [0.4, 0.5) is 0 Å². The van der Waals surface area contributed by atoms with Crippen molar-refractivity contribution in [3.63, 3.8) is 0 Å². The van der Waals surface area contributed by atoms with Gasteiger partial charge in [0.1, 0.15) is 6.04 Å². The summed E-state index contributed by atoms with van der Waals surface area (Å²) in [5, 5.41) is 7.19. The third-order valence-corrected chi connectivity index (χ3v) is 5.25. The second-order valence-corrected chi connectivity index (χ2v) is 7.03. The summed E-state index contributed by atoms with van der Waals surface area (Å²) in [5.41, 5.74) is 6.66. The minimum atomic E-state index is -0.757. The fraction of sp³-hybridized carbons (Fsp3) is 0.273. The van der Waals surface area contributed by atoms with Crippen LogP contribution < -0.4 is 11.1 Å². The standard InChI is InChI=1S/C22H22N2O3/c23-21(25)20(24-22(26)16-9-10-27-13-16)12-19-17-7-3-1-5-14(17)11-15-6-2-4-8-18(15)19/h1-8,11,16,20H,9-10,12-13H2,(H2,23,25)(H,24,26)/t16-,20+/m1/s1. The SMILES string of the molecule is NC(=O)[C@H](Cc1c2ccccc2cc2ccccc12)NC(=O)[C@@H]1CCOC1. The molecule has 4 rings (SSSR count). The molecule has 138 valence electrons. The van der Waals surface area contributed by atoms with Crippen LogP contribution in [0.5, 0.6) is 0 Å². The summed E-state index contributed by atoms with van der Waals surface area (Å²) in [5.74, 6) is -0.906. The Balaban J connectivity index is 1.72. The summed E-state index contributed by atoms with van der Waals surface area (Å²) < 4.78 is 5.28. The van der Waals surface area contributed by atoms with Gasteiger partial charge in [0.25, 0.3) is 0 Å². The maximum atomic E-state index is 12.5. The molecular weight excluding hydrogens is 340 g/mol. The molecule has 2 amide bonds. The first-order valence-electron chi connectivity index (χ1n) is 9.20. The molecule has 0 radical (unpaired) electrons. The molecule has 0 bridgehead atoms. The van der Waals surface area contributed by atoms with Gasteiger partial charge in [0.05, 0.1) is 12.5 Å². The normalized spacial score (nSPS) is 17.9. The number of carbonyl (C=O) groups is 2. The minimum Gasteiger partial charge on any atom is -0.381 e. The van der Waals surface area contributed by atoms with E-state index in [1.807, 2.05) is 36.4 Å². The van der Waals surface area contributed by atoms with E-state index in [1.165, 1.54) is 0 Å². The molecule has 0 aromatic heterocycles. The molecule has 0 saturated carbocycles. The number of ether oxygens (including phenoxy) is 1. The van der Waals surface area contributed by atoms with Gasteiger partial charge in [-0.05, 0) is 39.6 Å². The molecule has 2 atom stereocenters. The summed E-state index contributed by atoms with van der Waals surface area (Å²) in [7, 11) is 0. The molecule has 0 spiro atoms. The number of hydrogen-bond donors (Lipinski definition) is 2. The Kier molecular flexibility index (Phi) is 4.77. The van der Waals surface area contributed by atoms with Gasteiger partial charge in [-0.2, -0.15) is 0 Å². The van der Waals surface area contributed by atoms with E-state index in [0.717, 1.165) is 27.1 Å². The molecule has 3 N–H and O–H groups in total. The van der Waals surface area contributed by atoms with Gasteiger partial charge in [-0.3, -0.25) is 9.59 Å². The van der Waals surface area contributed by atoms with Crippen LogP contribution in [0.3, 0.4) is 0 Å². The van der Waals surface area contributed by atoms with Gasteiger partial charge < -0.3 is 15.8 Å². The number of fused-ring (bicyclic) bond motifs is 2. The number of carbonyl (C=O) groups excluding carboxylic acids is 2. The second kappa shape index (κ2) is 7.37. The Morgan fingerprint density at radius 1 is 1.07 bits per heavy atom. The Morgan fingerprint density at radius 2 is 1.70 bits per heavy atom. The third kappa shape index (κ3) is 3.51. The quantitative estimate of drug-likeness (QED) is 0.685. The lowest BCUT2D eigenvalue weighted by atomic mass is 9.92. The molecule has 5 heteroatoms. The van der Waals surface area contributed by atoms with Crippen molar-refractivity contribution < 1.29 is 14.3 Å². The lowest BCUT2D eigenvalue weighted by Gasteiger charge is -2.20. The first-order chi connectivity index (χ1) is 13.1. The number of nitrogens with one attached hydrogen (secondary N) is 1. The van der Waals surface area contributed by atoms with Crippen LogP contribution in [-0.2, 0) is 20.7 Å². The van der Waals surface area contributed by atoms with E-state index in [4.69, 9.17) is 10.5 Å². The van der Waals surface area contributed by atoms with Crippen LogP contribution >= 0.6 is 0 Å². The molecule has 0 unspecified atom stereocenters. The molecular formula is C22H22N2O3. The first kappa shape index (κ1) is 17.5. The van der Waals surface area contributed by atoms with Crippen LogP contribution in [-0.4, -0.2) is 31.1 Å². The molecule has 1 heterocycles. The first-order valence-corrected chi connectivity index (χ1v) is 9.20. The summed E-state index contributed by atoms with van der Waals surface area (Å²) >= 11 is 0. The van der Waals surface area contributed by atoms with E-state index in [1.54, 1.807) is 0 Å². The number of primary amides is 1. The largest absolute Gasteiger partial charge is 0.381 e. The molecule has 27 heavy (non-hydrogen) atoms. The number of benzene rings is 3. The van der Waals surface area contributed by atoms with Crippen molar-refractivity contribution in [3.8, 4) is 0 Å². The fourth-order valence-corrected chi connectivity index (χ4v) is 3.79. The molecule has 3 aromatic carbocycles. The van der Waals surface area contributed by atoms with Crippen molar-refractivity contribution in [3.05, 3.63) is 60.2 Å². The zero-order valence-corrected chi connectivity index (χ0v) is 15.0. The van der Waals surface area contributed by atoms with Crippen molar-refractivity contribution in [2.45, 2.75) is 18.9 Å². The average molecular weight is 362 g/mol. The van der Waals surface area contributed by atoms with E-state index in [9.17, 15) is 9.59 Å². The number of amides is 2. The van der Waals surface area contributed by atoms with E-state index in [2.05, 4.69) is 23.5 Å². The summed E-state index contributed by atoms with van der Waals surface area (Å²) in [4.78, 5) is 24.6. The molecule has 5 nitrogen and oxygen atoms in total. The lowest BCUT2D eigenvalue weighted by Crippen LogP contribution is -2.48. The van der Waals surface area contributed by atoms with Crippen molar-refractivity contribution in [2.24, 2.45) is 11.7 Å². The van der Waals surface area contributed by atoms with Crippen LogP contribution in [0.25, 0.3) is 21.5 Å². The van der Waals surface area contributed by atoms with Gasteiger partial charge in [-0.25, -0.2) is 0 Å². The van der Waals surface area contributed by atoms with Crippen molar-refractivity contribution in [1.29, 1.82) is 0 Å². The molecule has 1 aliphatic rings. The number of nitrogens with two attached hydrogens (primary N) is 1. The maximum absolute atomic E-state index is 12.5. The van der Waals surface area contributed by atoms with Crippen LogP contribution in [0.1, 0.15) is 12.0 Å². The molecule has 0 aliphatic carbocycles. The number of rotatable bonds is 5. The average Bonchev–Trinajstić information content (AvgIpc) is 3.21. The summed E-state index contributed by atoms with van der Waals surface area (Å²) in [6, 6.07) is 17.5. The third-order valence-electron chi connectivity index (χ3n) is 5.25. The number of hydrogen-bond acceptors (Lipinski definition) is 3. The van der Waals surface area contributed by atoms with Gasteiger partial charge in [0.2, 0.25) is 11.8 Å². The topological polar surface area (TPSA) is 81.4 Å². The fourth-order valence-electron chi connectivity index (χ4n) is 3.79. The van der Waals surface area contributed by atoms with Gasteiger partial charge in [-0.1, -0.05) is 48.5 Å². The predicted octanol–water partition coefficient (Wildman–Crippen LogP) is 2.54. The van der Waals surface area contributed by atoms with E-state index < -0.39 is 11.9 Å². The van der Waals surface area contributed by atoms with Gasteiger partial charge in [-0.15, -0.1) is 0 Å². The second-order valence-electron chi connectivity index (χ2n) is 7.03. The molecule has 1 aliphatic heterocycles. The minimum absolute atomic E-state index is 0.166. The van der Waals surface area contributed by atoms with Crippen LogP contribution in [0, 0.1) is 5.92 Å². The van der Waals surface area contributed by atoms with E-state index >= 15 is 0 Å². The summed E-state index contributed by atoms with van der Waals surface area (Å²) in [6.45, 7) is 0.974. The lowest BCUT2D eigenvalue weighted by molar-refractivity contribution is -0.129. The van der Waals surface area contributed by atoms with Gasteiger partial charge >= 0.3 is 0 Å². The Bertz CT molecular complexity index is 955. The Labute approximate surface area is 157 Å². The Morgan fingerprint density at radius 3 is 2.26 bits per heavy atom. The highest BCUT2D eigenvalue weighted by molar-refractivity contribution is 6.03. The maximum Gasteiger partial charge on any atom is 0.240 e. The van der Waals surface area contributed by atoms with E-state index in [0.29, 0.717) is 26.1 Å². The highest BCUT2D eigenvalue weighted by Crippen LogP contribution is 2.29. The van der Waals surface area contributed by atoms with Gasteiger partial charge in [0, 0.05) is 13.0 Å². The predicted molar refractivity (Wildman–Crippen MR) is 105 cm³/mol. The molecule has 1 saturated heterocycles. The Hall–Kier alpha value is -2.92.